The zero-order valence-electron chi connectivity index (χ0n) is 10.5. The van der Waals surface area contributed by atoms with Crippen LogP contribution < -0.4 is 11.1 Å². The van der Waals surface area contributed by atoms with Crippen molar-refractivity contribution in [2.24, 2.45) is 0 Å². The first-order valence-corrected chi connectivity index (χ1v) is 6.09. The van der Waals surface area contributed by atoms with Crippen molar-refractivity contribution < 1.29 is 13.6 Å². The summed E-state index contributed by atoms with van der Waals surface area (Å²) in [5, 5.41) is 2.53. The smallest absolute Gasteiger partial charge is 0.257 e. The maximum Gasteiger partial charge on any atom is 0.257 e. The fourth-order valence-corrected chi connectivity index (χ4v) is 1.87. The van der Waals surface area contributed by atoms with Gasteiger partial charge in [0.25, 0.3) is 5.91 Å². The van der Waals surface area contributed by atoms with Crippen LogP contribution in [0.1, 0.15) is 15.9 Å². The molecule has 0 saturated heterocycles. The van der Waals surface area contributed by atoms with Gasteiger partial charge in [-0.3, -0.25) is 4.79 Å². The van der Waals surface area contributed by atoms with E-state index in [0.717, 1.165) is 12.1 Å². The van der Waals surface area contributed by atoms with Crippen molar-refractivity contribution in [2.45, 2.75) is 6.92 Å². The SMILES string of the molecule is Cc1c(F)ccc(NC(=O)c2cc(N)ccc2Cl)c1F. The highest BCUT2D eigenvalue weighted by Gasteiger charge is 2.15. The number of nitrogen functional groups attached to an aromatic ring is 1. The van der Waals surface area contributed by atoms with Crippen LogP contribution in [0.4, 0.5) is 20.2 Å². The highest BCUT2D eigenvalue weighted by atomic mass is 35.5. The molecule has 20 heavy (non-hydrogen) atoms. The Kier molecular flexibility index (Phi) is 3.90. The van der Waals surface area contributed by atoms with Gasteiger partial charge in [-0.25, -0.2) is 8.78 Å². The van der Waals surface area contributed by atoms with E-state index in [1.54, 1.807) is 6.07 Å². The van der Waals surface area contributed by atoms with Gasteiger partial charge in [-0.15, -0.1) is 0 Å². The second-order valence-corrected chi connectivity index (χ2v) is 4.63. The van der Waals surface area contributed by atoms with Gasteiger partial charge in [0.05, 0.1) is 16.3 Å². The lowest BCUT2D eigenvalue weighted by molar-refractivity contribution is 0.102. The molecule has 0 spiro atoms. The molecule has 0 aliphatic heterocycles. The van der Waals surface area contributed by atoms with E-state index < -0.39 is 17.5 Å². The number of nitrogens with one attached hydrogen (secondary N) is 1. The molecule has 0 atom stereocenters. The van der Waals surface area contributed by atoms with E-state index in [2.05, 4.69) is 5.32 Å². The van der Waals surface area contributed by atoms with Crippen LogP contribution in [0.2, 0.25) is 5.02 Å². The number of carbonyl (C=O) groups excluding carboxylic acids is 1. The first-order chi connectivity index (χ1) is 9.40. The molecule has 104 valence electrons. The van der Waals surface area contributed by atoms with Gasteiger partial charge in [0.1, 0.15) is 5.82 Å². The fraction of sp³-hybridized carbons (Fsp3) is 0.0714. The first kappa shape index (κ1) is 14.3. The van der Waals surface area contributed by atoms with Gasteiger partial charge >= 0.3 is 0 Å². The number of hydrogen-bond donors (Lipinski definition) is 2. The third kappa shape index (κ3) is 2.72. The molecule has 0 aromatic heterocycles. The molecule has 0 aliphatic rings. The number of benzene rings is 2. The molecule has 2 aromatic rings. The summed E-state index contributed by atoms with van der Waals surface area (Å²) >= 11 is 5.88. The number of nitrogens with two attached hydrogens (primary N) is 1. The minimum Gasteiger partial charge on any atom is -0.399 e. The minimum absolute atomic E-state index is 0.118. The molecule has 3 N–H and O–H groups in total. The van der Waals surface area contributed by atoms with Gasteiger partial charge in [0.15, 0.2) is 5.82 Å². The quantitative estimate of drug-likeness (QED) is 0.829. The zero-order chi connectivity index (χ0) is 14.9. The summed E-state index contributed by atoms with van der Waals surface area (Å²) in [6, 6.07) is 6.62. The van der Waals surface area contributed by atoms with Crippen LogP contribution in [-0.4, -0.2) is 5.91 Å². The number of anilines is 2. The van der Waals surface area contributed by atoms with Crippen LogP contribution >= 0.6 is 11.6 Å². The Bertz CT molecular complexity index is 689. The molecule has 0 aliphatic carbocycles. The lowest BCUT2D eigenvalue weighted by Gasteiger charge is -2.10. The average molecular weight is 297 g/mol. The Balaban J connectivity index is 2.33. The van der Waals surface area contributed by atoms with Gasteiger partial charge in [-0.2, -0.15) is 0 Å². The van der Waals surface area contributed by atoms with Gasteiger partial charge in [-0.1, -0.05) is 11.6 Å². The molecule has 6 heteroatoms. The van der Waals surface area contributed by atoms with E-state index in [4.69, 9.17) is 17.3 Å². The molecule has 0 radical (unpaired) electrons. The van der Waals surface area contributed by atoms with Gasteiger partial charge in [0, 0.05) is 11.3 Å². The average Bonchev–Trinajstić information content (AvgIpc) is 2.42. The summed E-state index contributed by atoms with van der Waals surface area (Å²) in [5.41, 5.74) is 5.76. The molecule has 3 nitrogen and oxygen atoms in total. The highest BCUT2D eigenvalue weighted by Crippen LogP contribution is 2.23. The summed E-state index contributed by atoms with van der Waals surface area (Å²) in [6.45, 7) is 1.29. The molecule has 1 amide bonds. The second kappa shape index (κ2) is 5.46. The molecule has 2 aromatic carbocycles. The van der Waals surface area contributed by atoms with Crippen LogP contribution in [0.3, 0.4) is 0 Å². The van der Waals surface area contributed by atoms with E-state index >= 15 is 0 Å². The zero-order valence-corrected chi connectivity index (χ0v) is 11.3. The maximum atomic E-state index is 13.8. The van der Waals surface area contributed by atoms with Gasteiger partial charge in [0.2, 0.25) is 0 Å². The molecular weight excluding hydrogens is 286 g/mol. The molecule has 0 unspecified atom stereocenters. The summed E-state index contributed by atoms with van der Waals surface area (Å²) in [7, 11) is 0. The standard InChI is InChI=1S/C14H11ClF2N2O/c1-7-11(16)4-5-12(13(7)17)19-14(20)9-6-8(18)2-3-10(9)15/h2-6H,18H2,1H3,(H,19,20). The molecule has 0 heterocycles. The fourth-order valence-electron chi connectivity index (χ4n) is 1.66. The van der Waals surface area contributed by atoms with Crippen LogP contribution in [0.25, 0.3) is 0 Å². The van der Waals surface area contributed by atoms with Gasteiger partial charge in [-0.05, 0) is 37.3 Å². The van der Waals surface area contributed by atoms with Crippen molar-refractivity contribution in [2.75, 3.05) is 11.1 Å². The Labute approximate surface area is 119 Å². The van der Waals surface area contributed by atoms with Gasteiger partial charge < -0.3 is 11.1 Å². The number of amides is 1. The number of carbonyl (C=O) groups is 1. The van der Waals surface area contributed by atoms with Crippen molar-refractivity contribution >= 4 is 28.9 Å². The van der Waals surface area contributed by atoms with Crippen LogP contribution in [0.15, 0.2) is 30.3 Å². The highest BCUT2D eigenvalue weighted by molar-refractivity contribution is 6.34. The van der Waals surface area contributed by atoms with E-state index in [1.807, 2.05) is 0 Å². The van der Waals surface area contributed by atoms with Crippen molar-refractivity contribution in [3.05, 3.63) is 58.1 Å². The van der Waals surface area contributed by atoms with Crippen molar-refractivity contribution in [3.63, 3.8) is 0 Å². The predicted molar refractivity (Wildman–Crippen MR) is 74.9 cm³/mol. The summed E-state index contributed by atoms with van der Waals surface area (Å²) in [6.07, 6.45) is 0. The monoisotopic (exact) mass is 296 g/mol. The predicted octanol–water partition coefficient (Wildman–Crippen LogP) is 3.76. The molecule has 2 rings (SSSR count). The molecular formula is C14H11ClF2N2O. The second-order valence-electron chi connectivity index (χ2n) is 4.23. The number of halogens is 3. The Morgan fingerprint density at radius 2 is 1.95 bits per heavy atom. The number of hydrogen-bond acceptors (Lipinski definition) is 2. The van der Waals surface area contributed by atoms with Crippen LogP contribution in [0.5, 0.6) is 0 Å². The minimum atomic E-state index is -0.821. The molecule has 0 fully saturated rings. The van der Waals surface area contributed by atoms with E-state index in [0.29, 0.717) is 5.69 Å². The van der Waals surface area contributed by atoms with Crippen molar-refractivity contribution in [1.82, 2.24) is 0 Å². The van der Waals surface area contributed by atoms with E-state index in [-0.39, 0.29) is 21.8 Å². The first-order valence-electron chi connectivity index (χ1n) is 5.71. The molecule has 0 bridgehead atoms. The Morgan fingerprint density at radius 1 is 1.25 bits per heavy atom. The van der Waals surface area contributed by atoms with Crippen molar-refractivity contribution in [3.8, 4) is 0 Å². The maximum absolute atomic E-state index is 13.8. The lowest BCUT2D eigenvalue weighted by atomic mass is 10.1. The largest absolute Gasteiger partial charge is 0.399 e. The lowest BCUT2D eigenvalue weighted by Crippen LogP contribution is -2.14. The third-order valence-corrected chi connectivity index (χ3v) is 3.13. The Hall–Kier alpha value is -2.14. The van der Waals surface area contributed by atoms with E-state index in [9.17, 15) is 13.6 Å². The number of rotatable bonds is 2. The van der Waals surface area contributed by atoms with E-state index in [1.165, 1.54) is 19.1 Å². The van der Waals surface area contributed by atoms with Crippen molar-refractivity contribution in [1.29, 1.82) is 0 Å². The summed E-state index contributed by atoms with van der Waals surface area (Å²) < 4.78 is 27.0. The van der Waals surface area contributed by atoms with Crippen LogP contribution in [-0.2, 0) is 0 Å². The third-order valence-electron chi connectivity index (χ3n) is 2.80. The van der Waals surface area contributed by atoms with Crippen LogP contribution in [0, 0.1) is 18.6 Å². The summed E-state index contributed by atoms with van der Waals surface area (Å²) in [5.74, 6) is -2.12. The molecule has 0 saturated carbocycles. The topological polar surface area (TPSA) is 55.1 Å². The normalized spacial score (nSPS) is 10.4. The Morgan fingerprint density at radius 3 is 2.65 bits per heavy atom. The summed E-state index contributed by atoms with van der Waals surface area (Å²) in [4.78, 5) is 12.0.